The fourth-order valence-corrected chi connectivity index (χ4v) is 2.44. The minimum atomic E-state index is 0.547. The largest absolute Gasteiger partial charge is 0.366 e. The van der Waals surface area contributed by atoms with Gasteiger partial charge >= 0.3 is 0 Å². The Morgan fingerprint density at radius 2 is 2.00 bits per heavy atom. The fraction of sp³-hybridized carbons (Fsp3) is 0.286. The molecule has 0 atom stereocenters. The molecule has 0 radical (unpaired) electrons. The van der Waals surface area contributed by atoms with Gasteiger partial charge in [-0.1, -0.05) is 29.3 Å². The van der Waals surface area contributed by atoms with Crippen molar-refractivity contribution in [2.24, 2.45) is 0 Å². The molecule has 1 aromatic carbocycles. The Labute approximate surface area is 139 Å². The van der Waals surface area contributed by atoms with E-state index in [1.807, 2.05) is 30.7 Å². The first-order valence-electron chi connectivity index (χ1n) is 6.39. The molecule has 2 rings (SSSR count). The smallest absolute Gasteiger partial charge is 0.170 e. The van der Waals surface area contributed by atoms with Crippen molar-refractivity contribution >= 4 is 46.2 Å². The molecular weight excluding hydrogens is 327 g/mol. The minimum absolute atomic E-state index is 0.547. The number of nitrogens with zero attached hydrogens (tertiary/aromatic N) is 2. The molecule has 0 aliphatic heterocycles. The van der Waals surface area contributed by atoms with Gasteiger partial charge < -0.3 is 10.6 Å². The summed E-state index contributed by atoms with van der Waals surface area (Å²) in [5.41, 5.74) is 3.87. The summed E-state index contributed by atoms with van der Waals surface area (Å²) >= 11 is 17.1. The van der Waals surface area contributed by atoms with Gasteiger partial charge in [0.25, 0.3) is 0 Å². The van der Waals surface area contributed by atoms with E-state index in [-0.39, 0.29) is 0 Å². The number of hydrogen-bond acceptors (Lipinski definition) is 2. The first-order chi connectivity index (χ1) is 9.92. The van der Waals surface area contributed by atoms with E-state index in [0.717, 1.165) is 22.6 Å². The molecule has 0 saturated carbocycles. The monoisotopic (exact) mass is 342 g/mol. The number of thiocarbonyl (C=S) groups is 1. The van der Waals surface area contributed by atoms with Crippen molar-refractivity contribution in [1.29, 1.82) is 0 Å². The van der Waals surface area contributed by atoms with Gasteiger partial charge in [0.2, 0.25) is 0 Å². The van der Waals surface area contributed by atoms with Crippen LogP contribution in [0.4, 0.5) is 5.69 Å². The lowest BCUT2D eigenvalue weighted by Gasteiger charge is -2.09. The van der Waals surface area contributed by atoms with E-state index >= 15 is 0 Å². The molecule has 4 nitrogen and oxygen atoms in total. The summed E-state index contributed by atoms with van der Waals surface area (Å²) in [4.78, 5) is 0. The number of nitrogens with one attached hydrogen (secondary N) is 2. The Hall–Kier alpha value is -1.30. The highest BCUT2D eigenvalue weighted by atomic mass is 35.5. The molecule has 0 spiro atoms. The number of anilines is 1. The molecule has 0 bridgehead atoms. The summed E-state index contributed by atoms with van der Waals surface area (Å²) in [6.45, 7) is 4.56. The predicted molar refractivity (Wildman–Crippen MR) is 92.5 cm³/mol. The van der Waals surface area contributed by atoms with Gasteiger partial charge in [0.15, 0.2) is 5.11 Å². The third-order valence-corrected chi connectivity index (χ3v) is 4.21. The highest BCUT2D eigenvalue weighted by molar-refractivity contribution is 7.80. The molecule has 1 heterocycles. The molecule has 7 heteroatoms. The van der Waals surface area contributed by atoms with Crippen molar-refractivity contribution in [2.45, 2.75) is 20.4 Å². The van der Waals surface area contributed by atoms with Gasteiger partial charge in [-0.3, -0.25) is 4.68 Å². The zero-order valence-electron chi connectivity index (χ0n) is 12.0. The molecule has 112 valence electrons. The molecule has 2 aromatic rings. The summed E-state index contributed by atoms with van der Waals surface area (Å²) in [5.74, 6) is 0. The van der Waals surface area contributed by atoms with Crippen molar-refractivity contribution in [1.82, 2.24) is 15.1 Å². The van der Waals surface area contributed by atoms with Crippen molar-refractivity contribution in [2.75, 3.05) is 12.4 Å². The van der Waals surface area contributed by atoms with Crippen LogP contribution in [0.1, 0.15) is 17.0 Å². The maximum atomic E-state index is 6.04. The Morgan fingerprint density at radius 3 is 2.62 bits per heavy atom. The highest BCUT2D eigenvalue weighted by Gasteiger charge is 2.13. The number of rotatable bonds is 3. The summed E-state index contributed by atoms with van der Waals surface area (Å²) < 4.78 is 1.91. The molecule has 0 saturated heterocycles. The van der Waals surface area contributed by atoms with Gasteiger partial charge in [-0.15, -0.1) is 0 Å². The number of halogens is 2. The van der Waals surface area contributed by atoms with Gasteiger partial charge in [0.05, 0.1) is 33.7 Å². The average molecular weight is 343 g/mol. The molecule has 0 fully saturated rings. The molecule has 0 aliphatic rings. The van der Waals surface area contributed by atoms with E-state index in [4.69, 9.17) is 35.4 Å². The number of benzene rings is 1. The first-order valence-corrected chi connectivity index (χ1v) is 7.55. The van der Waals surface area contributed by atoms with E-state index < -0.39 is 0 Å². The van der Waals surface area contributed by atoms with Gasteiger partial charge in [-0.2, -0.15) is 5.10 Å². The minimum Gasteiger partial charge on any atom is -0.366 e. The topological polar surface area (TPSA) is 41.9 Å². The van der Waals surface area contributed by atoms with Crippen molar-refractivity contribution < 1.29 is 0 Å². The Morgan fingerprint density at radius 1 is 1.29 bits per heavy atom. The molecule has 0 unspecified atom stereocenters. The van der Waals surface area contributed by atoms with E-state index in [2.05, 4.69) is 15.7 Å². The van der Waals surface area contributed by atoms with Crippen LogP contribution in [-0.2, 0) is 6.54 Å². The molecular formula is C14H16Cl2N4S. The number of aryl methyl sites for hydroxylation is 1. The third-order valence-electron chi connectivity index (χ3n) is 3.16. The predicted octanol–water partition coefficient (Wildman–Crippen LogP) is 3.77. The fourth-order valence-electron chi connectivity index (χ4n) is 2.02. The summed E-state index contributed by atoms with van der Waals surface area (Å²) in [6, 6.07) is 5.59. The maximum absolute atomic E-state index is 6.04. The third kappa shape index (κ3) is 3.67. The lowest BCUT2D eigenvalue weighted by Crippen LogP contribution is -2.24. The van der Waals surface area contributed by atoms with Gasteiger partial charge in [0, 0.05) is 7.05 Å². The van der Waals surface area contributed by atoms with Crippen LogP contribution in [0.5, 0.6) is 0 Å². The van der Waals surface area contributed by atoms with Crippen LogP contribution in [-0.4, -0.2) is 21.9 Å². The number of hydrogen-bond donors (Lipinski definition) is 2. The lowest BCUT2D eigenvalue weighted by atomic mass is 10.2. The van der Waals surface area contributed by atoms with Crippen LogP contribution in [0.25, 0.3) is 0 Å². The lowest BCUT2D eigenvalue weighted by molar-refractivity contribution is 0.659. The van der Waals surface area contributed by atoms with E-state index in [1.54, 1.807) is 13.1 Å². The summed E-state index contributed by atoms with van der Waals surface area (Å²) in [5, 5.41) is 12.2. The van der Waals surface area contributed by atoms with Gasteiger partial charge in [-0.25, -0.2) is 0 Å². The first kappa shape index (κ1) is 16.1. The summed E-state index contributed by atoms with van der Waals surface area (Å²) in [6.07, 6.45) is 0. The van der Waals surface area contributed by atoms with Crippen LogP contribution in [0.3, 0.4) is 0 Å². The van der Waals surface area contributed by atoms with E-state index in [9.17, 15) is 0 Å². The van der Waals surface area contributed by atoms with Crippen molar-refractivity contribution in [3.63, 3.8) is 0 Å². The molecule has 0 aliphatic carbocycles. The van der Waals surface area contributed by atoms with Crippen molar-refractivity contribution in [3.8, 4) is 0 Å². The number of aromatic nitrogens is 2. The second-order valence-electron chi connectivity index (χ2n) is 4.66. The second kappa shape index (κ2) is 6.64. The molecule has 21 heavy (non-hydrogen) atoms. The van der Waals surface area contributed by atoms with Crippen LogP contribution >= 0.6 is 35.4 Å². The van der Waals surface area contributed by atoms with Crippen LogP contribution < -0.4 is 10.6 Å². The van der Waals surface area contributed by atoms with E-state index in [0.29, 0.717) is 21.7 Å². The quantitative estimate of drug-likeness (QED) is 0.833. The Kier molecular flexibility index (Phi) is 5.08. The second-order valence-corrected chi connectivity index (χ2v) is 5.88. The Bertz CT molecular complexity index is 682. The zero-order valence-corrected chi connectivity index (χ0v) is 14.3. The van der Waals surface area contributed by atoms with Gasteiger partial charge in [-0.05, 0) is 43.8 Å². The summed E-state index contributed by atoms with van der Waals surface area (Å²) in [7, 11) is 1.78. The van der Waals surface area contributed by atoms with Gasteiger partial charge in [0.1, 0.15) is 0 Å². The Balaban J connectivity index is 2.26. The van der Waals surface area contributed by atoms with Crippen LogP contribution in [0.15, 0.2) is 18.2 Å². The average Bonchev–Trinajstić information content (AvgIpc) is 2.70. The van der Waals surface area contributed by atoms with E-state index in [1.165, 1.54) is 0 Å². The van der Waals surface area contributed by atoms with Crippen LogP contribution in [0, 0.1) is 13.8 Å². The standard InChI is InChI=1S/C14H16Cl2N4S/c1-8-13(18-14(21)17-3)9(2)20(19-8)7-10-4-5-11(15)12(16)6-10/h4-6H,7H2,1-3H3,(H2,17,18,21). The highest BCUT2D eigenvalue weighted by Crippen LogP contribution is 2.24. The van der Waals surface area contributed by atoms with Crippen molar-refractivity contribution in [3.05, 3.63) is 45.2 Å². The molecule has 0 amide bonds. The SMILES string of the molecule is CNC(=S)Nc1c(C)nn(Cc2ccc(Cl)c(Cl)c2)c1C. The normalized spacial score (nSPS) is 10.5. The maximum Gasteiger partial charge on any atom is 0.170 e. The molecule has 2 N–H and O–H groups in total. The zero-order chi connectivity index (χ0) is 15.6. The van der Waals surface area contributed by atoms with Crippen LogP contribution in [0.2, 0.25) is 10.0 Å². The molecule has 1 aromatic heterocycles.